The molecule has 0 saturated carbocycles. The van der Waals surface area contributed by atoms with Gasteiger partial charge < -0.3 is 25.3 Å². The van der Waals surface area contributed by atoms with Gasteiger partial charge in [-0.3, -0.25) is 0 Å². The van der Waals surface area contributed by atoms with Crippen molar-refractivity contribution < 1.29 is 19.0 Å². The van der Waals surface area contributed by atoms with E-state index in [1.165, 1.54) is 0 Å². The largest absolute Gasteiger partial charge is 0.497 e. The van der Waals surface area contributed by atoms with Gasteiger partial charge >= 0.3 is 5.97 Å². The lowest BCUT2D eigenvalue weighted by atomic mass is 10.1. The van der Waals surface area contributed by atoms with Crippen LogP contribution < -0.4 is 20.5 Å². The maximum atomic E-state index is 12.0. The molecule has 0 radical (unpaired) electrons. The maximum absolute atomic E-state index is 12.0. The Morgan fingerprint density at radius 2 is 1.77 bits per heavy atom. The Morgan fingerprint density at radius 1 is 1.03 bits per heavy atom. The number of esters is 1. The lowest BCUT2D eigenvalue weighted by molar-refractivity contribution is -0.147. The van der Waals surface area contributed by atoms with E-state index in [0.717, 1.165) is 17.7 Å². The van der Waals surface area contributed by atoms with Gasteiger partial charge in [-0.25, -0.2) is 4.79 Å². The van der Waals surface area contributed by atoms with Crippen LogP contribution >= 0.6 is 0 Å². The number of benzene rings is 2. The fourth-order valence-electron chi connectivity index (χ4n) is 2.63. The zero-order valence-corrected chi connectivity index (χ0v) is 16.8. The number of aryl methyl sites for hydroxylation is 1. The predicted molar refractivity (Wildman–Crippen MR) is 112 cm³/mol. The number of ether oxygens (including phenoxy) is 3. The average Bonchev–Trinajstić information content (AvgIpc) is 2.76. The van der Waals surface area contributed by atoms with Crippen LogP contribution in [-0.2, 0) is 22.6 Å². The quantitative estimate of drug-likeness (QED) is 0.514. The van der Waals surface area contributed by atoms with Gasteiger partial charge in [-0.1, -0.05) is 25.1 Å². The summed E-state index contributed by atoms with van der Waals surface area (Å²) in [4.78, 5) is 24.3. The smallest absolute Gasteiger partial charge is 0.344 e. The second-order valence-electron chi connectivity index (χ2n) is 6.19. The van der Waals surface area contributed by atoms with Crippen LogP contribution in [0.2, 0.25) is 0 Å². The van der Waals surface area contributed by atoms with Gasteiger partial charge in [-0.15, -0.1) is 0 Å². The number of methoxy groups -OCH3 is 1. The Balaban J connectivity index is 1.56. The molecule has 0 spiro atoms. The van der Waals surface area contributed by atoms with E-state index < -0.39 is 5.97 Å². The van der Waals surface area contributed by atoms with Gasteiger partial charge in [0.2, 0.25) is 11.9 Å². The minimum Gasteiger partial charge on any atom is -0.497 e. The first kappa shape index (κ1) is 20.8. The summed E-state index contributed by atoms with van der Waals surface area (Å²) in [5.74, 6) is 1.21. The standard InChI is InChI=1S/C21H23N5O4/c1-3-14-6-4-5-7-17(14)23-21-25-18(24-20(22)26-21)12-30-19(27)13-29-16-10-8-15(28-2)9-11-16/h4-11H,3,12-13H2,1-2H3,(H3,22,23,24,25,26). The van der Waals surface area contributed by atoms with Crippen LogP contribution in [0.15, 0.2) is 48.5 Å². The SMILES string of the molecule is CCc1ccccc1Nc1nc(N)nc(COC(=O)COc2ccc(OC)cc2)n1. The van der Waals surface area contributed by atoms with Gasteiger partial charge in [0.25, 0.3) is 0 Å². The molecule has 3 N–H and O–H groups in total. The molecule has 9 nitrogen and oxygen atoms in total. The number of rotatable bonds is 9. The van der Waals surface area contributed by atoms with Crippen molar-refractivity contribution >= 4 is 23.6 Å². The molecule has 0 amide bonds. The van der Waals surface area contributed by atoms with Crippen LogP contribution in [0.25, 0.3) is 0 Å². The lowest BCUT2D eigenvalue weighted by Gasteiger charge is -2.11. The van der Waals surface area contributed by atoms with Crippen molar-refractivity contribution in [1.82, 2.24) is 15.0 Å². The van der Waals surface area contributed by atoms with E-state index in [0.29, 0.717) is 11.5 Å². The fourth-order valence-corrected chi connectivity index (χ4v) is 2.63. The molecule has 3 rings (SSSR count). The molecule has 0 unspecified atom stereocenters. The van der Waals surface area contributed by atoms with Gasteiger partial charge in [0.05, 0.1) is 7.11 Å². The second-order valence-corrected chi connectivity index (χ2v) is 6.19. The van der Waals surface area contributed by atoms with Crippen molar-refractivity contribution in [2.45, 2.75) is 20.0 Å². The first-order valence-corrected chi connectivity index (χ1v) is 9.35. The number of para-hydroxylation sites is 1. The van der Waals surface area contributed by atoms with Crippen LogP contribution in [-0.4, -0.2) is 34.6 Å². The van der Waals surface area contributed by atoms with E-state index in [1.54, 1.807) is 31.4 Å². The Bertz CT molecular complexity index is 995. The Labute approximate surface area is 174 Å². The molecule has 156 valence electrons. The monoisotopic (exact) mass is 409 g/mol. The lowest BCUT2D eigenvalue weighted by Crippen LogP contribution is -2.16. The van der Waals surface area contributed by atoms with Gasteiger partial charge in [0.1, 0.15) is 11.5 Å². The summed E-state index contributed by atoms with van der Waals surface area (Å²) >= 11 is 0. The molecule has 3 aromatic rings. The van der Waals surface area contributed by atoms with Crippen LogP contribution in [0, 0.1) is 0 Å². The minimum absolute atomic E-state index is 0.0296. The summed E-state index contributed by atoms with van der Waals surface area (Å²) in [5, 5.41) is 3.13. The number of nitrogen functional groups attached to an aromatic ring is 1. The number of nitrogens with one attached hydrogen (secondary N) is 1. The van der Waals surface area contributed by atoms with Crippen LogP contribution in [0.4, 0.5) is 17.6 Å². The molecule has 0 fully saturated rings. The van der Waals surface area contributed by atoms with Gasteiger partial charge in [0, 0.05) is 5.69 Å². The number of nitrogens with zero attached hydrogens (tertiary/aromatic N) is 3. The molecule has 0 aliphatic rings. The summed E-state index contributed by atoms with van der Waals surface area (Å²) < 4.78 is 15.6. The summed E-state index contributed by atoms with van der Waals surface area (Å²) in [6, 6.07) is 14.7. The van der Waals surface area contributed by atoms with Gasteiger partial charge in [-0.05, 0) is 42.3 Å². The zero-order chi connectivity index (χ0) is 21.3. The Morgan fingerprint density at radius 3 is 2.50 bits per heavy atom. The van der Waals surface area contributed by atoms with E-state index in [4.69, 9.17) is 19.9 Å². The second kappa shape index (κ2) is 10.1. The summed E-state index contributed by atoms with van der Waals surface area (Å²) in [5.41, 5.74) is 7.76. The molecule has 9 heteroatoms. The third-order valence-electron chi connectivity index (χ3n) is 4.12. The highest BCUT2D eigenvalue weighted by Gasteiger charge is 2.10. The first-order chi connectivity index (χ1) is 14.6. The highest BCUT2D eigenvalue weighted by Crippen LogP contribution is 2.20. The predicted octanol–water partition coefficient (Wildman–Crippen LogP) is 2.89. The molecule has 30 heavy (non-hydrogen) atoms. The van der Waals surface area contributed by atoms with Crippen molar-refractivity contribution in [1.29, 1.82) is 0 Å². The molecule has 0 aliphatic heterocycles. The van der Waals surface area contributed by atoms with Crippen molar-refractivity contribution in [2.24, 2.45) is 0 Å². The van der Waals surface area contributed by atoms with Crippen molar-refractivity contribution in [3.8, 4) is 11.5 Å². The van der Waals surface area contributed by atoms with Gasteiger partial charge in [0.15, 0.2) is 19.0 Å². The number of aromatic nitrogens is 3. The molecule has 0 bridgehead atoms. The molecule has 2 aromatic carbocycles. The van der Waals surface area contributed by atoms with Crippen LogP contribution in [0.5, 0.6) is 11.5 Å². The number of carbonyl (C=O) groups is 1. The Kier molecular flexibility index (Phi) is 6.99. The van der Waals surface area contributed by atoms with Gasteiger partial charge in [-0.2, -0.15) is 15.0 Å². The van der Waals surface area contributed by atoms with E-state index in [9.17, 15) is 4.79 Å². The maximum Gasteiger partial charge on any atom is 0.344 e. The molecule has 0 atom stereocenters. The summed E-state index contributed by atoms with van der Waals surface area (Å²) in [6.07, 6.45) is 0.850. The normalized spacial score (nSPS) is 10.3. The molecule has 0 aliphatic carbocycles. The summed E-state index contributed by atoms with van der Waals surface area (Å²) in [7, 11) is 1.57. The van der Waals surface area contributed by atoms with E-state index in [1.807, 2.05) is 24.3 Å². The van der Waals surface area contributed by atoms with Crippen molar-refractivity contribution in [2.75, 3.05) is 24.8 Å². The number of carbonyl (C=O) groups excluding carboxylic acids is 1. The molecule has 0 saturated heterocycles. The van der Waals surface area contributed by atoms with E-state index in [2.05, 4.69) is 27.2 Å². The Hall–Kier alpha value is -3.88. The molecule has 1 aromatic heterocycles. The molecule has 1 heterocycles. The van der Waals surface area contributed by atoms with Crippen LogP contribution in [0.3, 0.4) is 0 Å². The van der Waals surface area contributed by atoms with E-state index >= 15 is 0 Å². The molecular weight excluding hydrogens is 386 g/mol. The van der Waals surface area contributed by atoms with Crippen molar-refractivity contribution in [3.63, 3.8) is 0 Å². The zero-order valence-electron chi connectivity index (χ0n) is 16.8. The highest BCUT2D eigenvalue weighted by atomic mass is 16.6. The van der Waals surface area contributed by atoms with Crippen LogP contribution in [0.1, 0.15) is 18.3 Å². The first-order valence-electron chi connectivity index (χ1n) is 9.35. The summed E-state index contributed by atoms with van der Waals surface area (Å²) in [6.45, 7) is 1.66. The molecular formula is C21H23N5O4. The number of hydrogen-bond donors (Lipinski definition) is 2. The van der Waals surface area contributed by atoms with Crippen molar-refractivity contribution in [3.05, 3.63) is 59.9 Å². The number of anilines is 3. The average molecular weight is 409 g/mol. The third-order valence-corrected chi connectivity index (χ3v) is 4.12. The third kappa shape index (κ3) is 5.81. The van der Waals surface area contributed by atoms with E-state index in [-0.39, 0.29) is 30.9 Å². The topological polar surface area (TPSA) is 121 Å². The number of nitrogens with two attached hydrogens (primary N) is 1. The minimum atomic E-state index is -0.560. The highest BCUT2D eigenvalue weighted by molar-refractivity contribution is 5.71. The number of hydrogen-bond acceptors (Lipinski definition) is 9. The fraction of sp³-hybridized carbons (Fsp3) is 0.238.